The number of rotatable bonds is 7. The molecule has 0 amide bonds. The highest BCUT2D eigenvalue weighted by molar-refractivity contribution is 5.00. The second-order valence-electron chi connectivity index (χ2n) is 9.72. The van der Waals surface area contributed by atoms with Crippen molar-refractivity contribution in [2.24, 2.45) is 23.5 Å². The number of aliphatic hydroxyl groups is 1. The summed E-state index contributed by atoms with van der Waals surface area (Å²) in [5, 5.41) is 10.9. The van der Waals surface area contributed by atoms with E-state index in [9.17, 15) is 5.11 Å². The largest absolute Gasteiger partial charge is 0.393 e. The van der Waals surface area contributed by atoms with Crippen molar-refractivity contribution in [2.45, 2.75) is 127 Å². The van der Waals surface area contributed by atoms with Gasteiger partial charge in [0.2, 0.25) is 0 Å². The summed E-state index contributed by atoms with van der Waals surface area (Å²) < 4.78 is 0. The third-order valence-corrected chi connectivity index (χ3v) is 7.95. The molecule has 0 heterocycles. The molecule has 0 aliphatic heterocycles. The highest BCUT2D eigenvalue weighted by atomic mass is 16.3. The van der Waals surface area contributed by atoms with Crippen LogP contribution in [0.15, 0.2) is 0 Å². The van der Waals surface area contributed by atoms with Gasteiger partial charge in [0, 0.05) is 5.54 Å². The number of hydrogen-bond donors (Lipinski definition) is 2. The van der Waals surface area contributed by atoms with E-state index in [2.05, 4.69) is 0 Å². The van der Waals surface area contributed by atoms with Crippen LogP contribution in [0.1, 0.15) is 116 Å². The topological polar surface area (TPSA) is 46.2 Å². The predicted octanol–water partition coefficient (Wildman–Crippen LogP) is 5.96. The molecular weight excluding hydrogens is 306 g/mol. The first-order valence-corrected chi connectivity index (χ1v) is 11.7. The molecule has 0 saturated heterocycles. The number of hydrogen-bond acceptors (Lipinski definition) is 2. The van der Waals surface area contributed by atoms with Crippen LogP contribution in [0.25, 0.3) is 0 Å². The van der Waals surface area contributed by atoms with Crippen molar-refractivity contribution < 1.29 is 5.11 Å². The van der Waals surface area contributed by atoms with Crippen LogP contribution in [0.3, 0.4) is 0 Å². The minimum Gasteiger partial charge on any atom is -0.393 e. The summed E-state index contributed by atoms with van der Waals surface area (Å²) in [7, 11) is 0. The summed E-state index contributed by atoms with van der Waals surface area (Å²) in [6, 6.07) is 0. The maximum atomic E-state index is 10.9. The van der Waals surface area contributed by atoms with E-state index in [1.165, 1.54) is 103 Å². The third kappa shape index (κ3) is 5.45. The molecule has 3 fully saturated rings. The molecule has 0 spiro atoms. The van der Waals surface area contributed by atoms with Gasteiger partial charge in [-0.1, -0.05) is 70.6 Å². The first kappa shape index (κ1) is 19.7. The monoisotopic (exact) mass is 349 g/mol. The van der Waals surface area contributed by atoms with Crippen molar-refractivity contribution in [1.82, 2.24) is 0 Å². The molecule has 1 unspecified atom stereocenters. The lowest BCUT2D eigenvalue weighted by molar-refractivity contribution is 0.0363. The van der Waals surface area contributed by atoms with Gasteiger partial charge in [-0.2, -0.15) is 0 Å². The van der Waals surface area contributed by atoms with Crippen LogP contribution in [-0.2, 0) is 0 Å². The van der Waals surface area contributed by atoms with Crippen LogP contribution in [0.2, 0.25) is 0 Å². The molecule has 3 rings (SSSR count). The van der Waals surface area contributed by atoms with Crippen LogP contribution in [0.4, 0.5) is 0 Å². The Morgan fingerprint density at radius 3 is 1.64 bits per heavy atom. The Labute approximate surface area is 156 Å². The Hall–Kier alpha value is -0.0800. The maximum Gasteiger partial charge on any atom is 0.0558 e. The first-order chi connectivity index (χ1) is 12.2. The summed E-state index contributed by atoms with van der Waals surface area (Å²) in [6.07, 6.45) is 23.4. The zero-order valence-electron chi connectivity index (χ0n) is 16.6. The molecule has 0 aromatic rings. The fraction of sp³-hybridized carbons (Fsp3) is 1.00. The molecule has 3 aliphatic carbocycles. The van der Waals surface area contributed by atoms with E-state index in [1.807, 2.05) is 0 Å². The van der Waals surface area contributed by atoms with Gasteiger partial charge in [0.05, 0.1) is 6.10 Å². The van der Waals surface area contributed by atoms with Crippen molar-refractivity contribution in [2.75, 3.05) is 0 Å². The van der Waals surface area contributed by atoms with E-state index in [0.29, 0.717) is 11.8 Å². The molecular formula is C23H43NO. The van der Waals surface area contributed by atoms with Crippen LogP contribution in [0.5, 0.6) is 0 Å². The molecule has 0 aromatic heterocycles. The fourth-order valence-corrected chi connectivity index (χ4v) is 6.36. The molecule has 2 nitrogen and oxygen atoms in total. The average Bonchev–Trinajstić information content (AvgIpc) is 2.68. The van der Waals surface area contributed by atoms with Gasteiger partial charge in [-0.25, -0.2) is 0 Å². The van der Waals surface area contributed by atoms with Gasteiger partial charge in [0.15, 0.2) is 0 Å². The molecule has 3 saturated carbocycles. The Kier molecular flexibility index (Phi) is 7.66. The lowest BCUT2D eigenvalue weighted by Crippen LogP contribution is -2.56. The highest BCUT2D eigenvalue weighted by Gasteiger charge is 2.43. The Balaban J connectivity index is 1.57. The quantitative estimate of drug-likeness (QED) is 0.596. The smallest absolute Gasteiger partial charge is 0.0558 e. The summed E-state index contributed by atoms with van der Waals surface area (Å²) in [6.45, 7) is 0. The second kappa shape index (κ2) is 9.74. The van der Waals surface area contributed by atoms with Crippen molar-refractivity contribution >= 4 is 0 Å². The van der Waals surface area contributed by atoms with E-state index in [1.54, 1.807) is 0 Å². The minimum atomic E-state index is -0.171. The first-order valence-electron chi connectivity index (χ1n) is 11.7. The number of nitrogens with two attached hydrogens (primary N) is 1. The Morgan fingerprint density at radius 2 is 1.16 bits per heavy atom. The number of aliphatic hydroxyl groups excluding tert-OH is 1. The molecule has 0 aromatic carbocycles. The highest BCUT2D eigenvalue weighted by Crippen LogP contribution is 2.44. The SMILES string of the molecule is NC(CC(O)CCC1CCCCC1)(C1CCCCC1)C1CCCCC1. The van der Waals surface area contributed by atoms with E-state index < -0.39 is 0 Å². The van der Waals surface area contributed by atoms with Gasteiger partial charge in [-0.15, -0.1) is 0 Å². The maximum absolute atomic E-state index is 10.9. The summed E-state index contributed by atoms with van der Waals surface area (Å²) >= 11 is 0. The molecule has 3 N–H and O–H groups in total. The lowest BCUT2D eigenvalue weighted by Gasteiger charge is -2.48. The standard InChI is InChI=1S/C23H43NO/c24-23(20-12-6-2-7-13-20,21-14-8-3-9-15-21)18-22(25)17-16-19-10-4-1-5-11-19/h19-22,25H,1-18,24H2. The van der Waals surface area contributed by atoms with Crippen molar-refractivity contribution in [3.8, 4) is 0 Å². The molecule has 0 bridgehead atoms. The molecule has 0 radical (unpaired) electrons. The van der Waals surface area contributed by atoms with Crippen molar-refractivity contribution in [1.29, 1.82) is 0 Å². The van der Waals surface area contributed by atoms with E-state index in [-0.39, 0.29) is 11.6 Å². The van der Waals surface area contributed by atoms with Crippen LogP contribution < -0.4 is 5.73 Å². The molecule has 146 valence electrons. The summed E-state index contributed by atoms with van der Waals surface area (Å²) in [4.78, 5) is 0. The van der Waals surface area contributed by atoms with Crippen molar-refractivity contribution in [3.05, 3.63) is 0 Å². The minimum absolute atomic E-state index is 0.0905. The van der Waals surface area contributed by atoms with Gasteiger partial charge in [-0.3, -0.25) is 0 Å². The second-order valence-corrected chi connectivity index (χ2v) is 9.72. The molecule has 2 heteroatoms. The lowest BCUT2D eigenvalue weighted by atomic mass is 9.62. The zero-order valence-corrected chi connectivity index (χ0v) is 16.6. The fourth-order valence-electron chi connectivity index (χ4n) is 6.36. The van der Waals surface area contributed by atoms with E-state index >= 15 is 0 Å². The zero-order chi connectivity index (χ0) is 17.5. The van der Waals surface area contributed by atoms with Crippen molar-refractivity contribution in [3.63, 3.8) is 0 Å². The Bertz CT molecular complexity index is 346. The van der Waals surface area contributed by atoms with E-state index in [4.69, 9.17) is 5.73 Å². The average molecular weight is 350 g/mol. The summed E-state index contributed by atoms with van der Waals surface area (Å²) in [5.41, 5.74) is 7.11. The van der Waals surface area contributed by atoms with Crippen LogP contribution in [-0.4, -0.2) is 16.7 Å². The molecule has 3 aliphatic rings. The van der Waals surface area contributed by atoms with Gasteiger partial charge in [-0.05, 0) is 62.7 Å². The van der Waals surface area contributed by atoms with Gasteiger partial charge >= 0.3 is 0 Å². The molecule has 25 heavy (non-hydrogen) atoms. The predicted molar refractivity (Wildman–Crippen MR) is 107 cm³/mol. The summed E-state index contributed by atoms with van der Waals surface area (Å²) in [5.74, 6) is 2.20. The van der Waals surface area contributed by atoms with Gasteiger partial charge in [0.1, 0.15) is 0 Å². The van der Waals surface area contributed by atoms with Gasteiger partial charge < -0.3 is 10.8 Å². The van der Waals surface area contributed by atoms with Crippen LogP contribution in [0, 0.1) is 17.8 Å². The van der Waals surface area contributed by atoms with E-state index in [0.717, 1.165) is 18.8 Å². The van der Waals surface area contributed by atoms with Crippen LogP contribution >= 0.6 is 0 Å². The Morgan fingerprint density at radius 1 is 0.720 bits per heavy atom. The van der Waals surface area contributed by atoms with Gasteiger partial charge in [0.25, 0.3) is 0 Å². The normalized spacial score (nSPS) is 26.6. The molecule has 1 atom stereocenters. The third-order valence-electron chi connectivity index (χ3n) is 7.95.